The summed E-state index contributed by atoms with van der Waals surface area (Å²) in [7, 11) is 0. The predicted molar refractivity (Wildman–Crippen MR) is 111 cm³/mol. The average molecular weight is 355 g/mol. The SMILES string of the molecule is CC1=CC(C=Cc2cc(C)cc(C(C)(C)C)c2)=CC(C(C)(C)C)C1(O)O. The van der Waals surface area contributed by atoms with Crippen LogP contribution in [0.3, 0.4) is 0 Å². The fourth-order valence-electron chi connectivity index (χ4n) is 3.45. The zero-order valence-electron chi connectivity index (χ0n) is 17.5. The Labute approximate surface area is 159 Å². The second-order valence-corrected chi connectivity index (χ2v) is 9.78. The van der Waals surface area contributed by atoms with E-state index in [1.165, 1.54) is 16.7 Å². The van der Waals surface area contributed by atoms with Crippen molar-refractivity contribution in [2.24, 2.45) is 11.3 Å². The van der Waals surface area contributed by atoms with Gasteiger partial charge in [0, 0.05) is 5.92 Å². The van der Waals surface area contributed by atoms with Crippen LogP contribution >= 0.6 is 0 Å². The molecule has 1 aromatic rings. The molecule has 0 radical (unpaired) electrons. The Kier molecular flexibility index (Phi) is 5.43. The number of benzene rings is 1. The second-order valence-electron chi connectivity index (χ2n) is 9.78. The summed E-state index contributed by atoms with van der Waals surface area (Å²) in [5.41, 5.74) is 5.19. The van der Waals surface area contributed by atoms with Gasteiger partial charge >= 0.3 is 0 Å². The van der Waals surface area contributed by atoms with Crippen molar-refractivity contribution in [3.05, 3.63) is 64.3 Å². The molecule has 2 nitrogen and oxygen atoms in total. The first kappa shape index (κ1) is 20.7. The molecule has 0 aliphatic heterocycles. The largest absolute Gasteiger partial charge is 0.362 e. The van der Waals surface area contributed by atoms with Gasteiger partial charge in [0.1, 0.15) is 0 Å². The lowest BCUT2D eigenvalue weighted by Gasteiger charge is -2.41. The van der Waals surface area contributed by atoms with E-state index in [1.54, 1.807) is 6.92 Å². The normalized spacial score (nSPS) is 20.9. The third kappa shape index (κ3) is 4.55. The molecule has 0 heterocycles. The molecule has 2 rings (SSSR count). The molecule has 26 heavy (non-hydrogen) atoms. The van der Waals surface area contributed by atoms with Crippen molar-refractivity contribution in [3.63, 3.8) is 0 Å². The van der Waals surface area contributed by atoms with Crippen LogP contribution < -0.4 is 0 Å². The molecule has 0 bridgehead atoms. The number of aryl methyl sites for hydroxylation is 1. The van der Waals surface area contributed by atoms with Gasteiger partial charge in [0.05, 0.1) is 0 Å². The lowest BCUT2D eigenvalue weighted by atomic mass is 9.70. The molecule has 1 atom stereocenters. The Morgan fingerprint density at radius 3 is 2.08 bits per heavy atom. The van der Waals surface area contributed by atoms with Gasteiger partial charge in [0.2, 0.25) is 0 Å². The number of hydrogen-bond acceptors (Lipinski definition) is 2. The fourth-order valence-corrected chi connectivity index (χ4v) is 3.45. The molecule has 1 aromatic carbocycles. The molecular formula is C24H34O2. The van der Waals surface area contributed by atoms with E-state index in [4.69, 9.17) is 0 Å². The Morgan fingerprint density at radius 2 is 1.54 bits per heavy atom. The highest BCUT2D eigenvalue weighted by molar-refractivity contribution is 5.58. The first-order chi connectivity index (χ1) is 11.7. The quantitative estimate of drug-likeness (QED) is 0.685. The predicted octanol–water partition coefficient (Wildman–Crippen LogP) is 5.54. The van der Waals surface area contributed by atoms with Gasteiger partial charge in [-0.25, -0.2) is 0 Å². The lowest BCUT2D eigenvalue weighted by Crippen LogP contribution is -2.46. The first-order valence-electron chi connectivity index (χ1n) is 9.37. The van der Waals surface area contributed by atoms with Crippen LogP contribution in [-0.4, -0.2) is 16.0 Å². The molecule has 0 saturated heterocycles. The minimum atomic E-state index is -1.79. The van der Waals surface area contributed by atoms with E-state index in [2.05, 4.69) is 58.0 Å². The van der Waals surface area contributed by atoms with Crippen LogP contribution in [0.15, 0.2) is 47.6 Å². The number of hydrogen-bond donors (Lipinski definition) is 2. The summed E-state index contributed by atoms with van der Waals surface area (Å²) in [5, 5.41) is 21.0. The standard InChI is InChI=1S/C24H34O2/c1-16-11-18(14-20(12-16)22(3,4)5)9-10-19-13-17(2)24(25,26)21(15-19)23(6,7)8/h9-15,21,25-26H,1-8H3. The van der Waals surface area contributed by atoms with Gasteiger partial charge in [-0.15, -0.1) is 0 Å². The maximum Gasteiger partial charge on any atom is 0.192 e. The second kappa shape index (κ2) is 6.83. The summed E-state index contributed by atoms with van der Waals surface area (Å²) in [6.07, 6.45) is 8.02. The molecule has 1 aliphatic rings. The highest BCUT2D eigenvalue weighted by Crippen LogP contribution is 2.42. The third-order valence-corrected chi connectivity index (χ3v) is 5.12. The van der Waals surface area contributed by atoms with E-state index >= 15 is 0 Å². The van der Waals surface area contributed by atoms with Gasteiger partial charge in [-0.2, -0.15) is 0 Å². The van der Waals surface area contributed by atoms with Crippen molar-refractivity contribution in [2.75, 3.05) is 0 Å². The molecule has 1 unspecified atom stereocenters. The van der Waals surface area contributed by atoms with E-state index in [0.717, 1.165) is 5.57 Å². The van der Waals surface area contributed by atoms with Crippen LogP contribution in [0.25, 0.3) is 6.08 Å². The molecule has 142 valence electrons. The molecule has 2 N–H and O–H groups in total. The van der Waals surface area contributed by atoms with E-state index in [0.29, 0.717) is 5.57 Å². The smallest absolute Gasteiger partial charge is 0.192 e. The highest BCUT2D eigenvalue weighted by atomic mass is 16.5. The Bertz CT molecular complexity index is 762. The van der Waals surface area contributed by atoms with Crippen molar-refractivity contribution in [2.45, 2.75) is 66.6 Å². The summed E-state index contributed by atoms with van der Waals surface area (Å²) >= 11 is 0. The van der Waals surface area contributed by atoms with Crippen molar-refractivity contribution in [1.29, 1.82) is 0 Å². The monoisotopic (exact) mass is 354 g/mol. The zero-order valence-corrected chi connectivity index (χ0v) is 17.5. The van der Waals surface area contributed by atoms with Crippen molar-refractivity contribution >= 4 is 6.08 Å². The van der Waals surface area contributed by atoms with Gasteiger partial charge in [-0.1, -0.05) is 89.6 Å². The minimum absolute atomic E-state index is 0.111. The Hall–Kier alpha value is -1.64. The molecule has 2 heteroatoms. The molecule has 0 saturated carbocycles. The average Bonchev–Trinajstić information content (AvgIpc) is 2.45. The summed E-state index contributed by atoms with van der Waals surface area (Å²) in [5.74, 6) is -2.15. The van der Waals surface area contributed by atoms with Crippen LogP contribution in [0.2, 0.25) is 0 Å². The van der Waals surface area contributed by atoms with E-state index in [-0.39, 0.29) is 16.7 Å². The number of allylic oxidation sites excluding steroid dienone is 3. The zero-order chi connectivity index (χ0) is 19.9. The molecule has 0 aromatic heterocycles. The molecule has 0 amide bonds. The molecular weight excluding hydrogens is 320 g/mol. The maximum atomic E-state index is 10.5. The summed E-state index contributed by atoms with van der Waals surface area (Å²) in [6, 6.07) is 6.64. The summed E-state index contributed by atoms with van der Waals surface area (Å²) < 4.78 is 0. The van der Waals surface area contributed by atoms with E-state index in [9.17, 15) is 10.2 Å². The van der Waals surface area contributed by atoms with Crippen molar-refractivity contribution < 1.29 is 10.2 Å². The minimum Gasteiger partial charge on any atom is -0.362 e. The van der Waals surface area contributed by atoms with Crippen LogP contribution in [-0.2, 0) is 5.41 Å². The van der Waals surface area contributed by atoms with Gasteiger partial charge < -0.3 is 10.2 Å². The van der Waals surface area contributed by atoms with Crippen LogP contribution in [0.5, 0.6) is 0 Å². The van der Waals surface area contributed by atoms with Crippen molar-refractivity contribution in [3.8, 4) is 0 Å². The molecule has 1 aliphatic carbocycles. The highest BCUT2D eigenvalue weighted by Gasteiger charge is 2.43. The lowest BCUT2D eigenvalue weighted by molar-refractivity contribution is -0.179. The molecule has 0 fully saturated rings. The summed E-state index contributed by atoms with van der Waals surface area (Å²) in [6.45, 7) is 16.7. The third-order valence-electron chi connectivity index (χ3n) is 5.12. The number of aliphatic hydroxyl groups is 2. The van der Waals surface area contributed by atoms with Gasteiger partial charge in [-0.3, -0.25) is 0 Å². The Morgan fingerprint density at radius 1 is 0.923 bits per heavy atom. The fraction of sp³-hybridized carbons (Fsp3) is 0.500. The van der Waals surface area contributed by atoms with E-state index in [1.807, 2.05) is 32.9 Å². The topological polar surface area (TPSA) is 40.5 Å². The molecule has 0 spiro atoms. The van der Waals surface area contributed by atoms with Gasteiger partial charge in [-0.05, 0) is 47.0 Å². The van der Waals surface area contributed by atoms with Crippen LogP contribution in [0, 0.1) is 18.3 Å². The summed E-state index contributed by atoms with van der Waals surface area (Å²) in [4.78, 5) is 0. The first-order valence-corrected chi connectivity index (χ1v) is 9.37. The van der Waals surface area contributed by atoms with Gasteiger partial charge in [0.25, 0.3) is 0 Å². The maximum absolute atomic E-state index is 10.5. The van der Waals surface area contributed by atoms with Crippen molar-refractivity contribution in [1.82, 2.24) is 0 Å². The number of rotatable bonds is 2. The Balaban J connectivity index is 2.39. The van der Waals surface area contributed by atoms with Crippen LogP contribution in [0.1, 0.15) is 65.2 Å². The van der Waals surface area contributed by atoms with E-state index < -0.39 is 5.79 Å². The van der Waals surface area contributed by atoms with Gasteiger partial charge in [0.15, 0.2) is 5.79 Å². The van der Waals surface area contributed by atoms with Crippen LogP contribution in [0.4, 0.5) is 0 Å².